The van der Waals surface area contributed by atoms with Crippen LogP contribution in [0.5, 0.6) is 0 Å². The zero-order valence-corrected chi connectivity index (χ0v) is 18.7. The molecule has 162 valence electrons. The zero-order valence-electron chi connectivity index (χ0n) is 17.1. The van der Waals surface area contributed by atoms with Gasteiger partial charge < -0.3 is 4.90 Å². The maximum Gasteiger partial charge on any atom is 0.254 e. The maximum atomic E-state index is 13.0. The molecule has 0 saturated carbocycles. The Morgan fingerprint density at radius 3 is 2.62 bits per heavy atom. The van der Waals surface area contributed by atoms with E-state index in [0.717, 1.165) is 46.6 Å². The average molecular weight is 466 g/mol. The quantitative estimate of drug-likeness (QED) is 0.449. The van der Waals surface area contributed by atoms with Crippen molar-refractivity contribution in [1.82, 2.24) is 35.0 Å². The van der Waals surface area contributed by atoms with E-state index in [4.69, 9.17) is 16.6 Å². The van der Waals surface area contributed by atoms with Gasteiger partial charge in [-0.25, -0.2) is 9.67 Å². The fraction of sp³-hybridized carbons (Fsp3) is 0.227. The number of hydrogen-bond acceptors (Lipinski definition) is 7. The number of carbonyl (C=O) groups is 1. The van der Waals surface area contributed by atoms with Crippen molar-refractivity contribution in [2.24, 2.45) is 0 Å². The summed E-state index contributed by atoms with van der Waals surface area (Å²) >= 11 is 7.62. The number of thiazole rings is 1. The molecule has 1 fully saturated rings. The van der Waals surface area contributed by atoms with Crippen LogP contribution in [0.15, 0.2) is 60.2 Å². The number of benzene rings is 2. The van der Waals surface area contributed by atoms with E-state index in [9.17, 15) is 4.79 Å². The number of carbonyl (C=O) groups excluding carboxylic acids is 1. The molecule has 4 aromatic rings. The molecular formula is C22H20ClN7OS. The molecule has 3 heterocycles. The Hall–Kier alpha value is -3.14. The lowest BCUT2D eigenvalue weighted by Gasteiger charge is -2.34. The molecule has 0 bridgehead atoms. The molecular weight excluding hydrogens is 446 g/mol. The van der Waals surface area contributed by atoms with E-state index in [-0.39, 0.29) is 5.91 Å². The molecule has 1 amide bonds. The molecule has 1 aliphatic heterocycles. The van der Waals surface area contributed by atoms with Gasteiger partial charge in [0.1, 0.15) is 11.3 Å². The van der Waals surface area contributed by atoms with Crippen LogP contribution in [0.25, 0.3) is 16.3 Å². The van der Waals surface area contributed by atoms with Gasteiger partial charge in [0.05, 0.1) is 11.4 Å². The number of tetrazole rings is 1. The smallest absolute Gasteiger partial charge is 0.254 e. The van der Waals surface area contributed by atoms with E-state index in [1.807, 2.05) is 53.4 Å². The first-order valence-corrected chi connectivity index (χ1v) is 11.5. The number of aromatic nitrogens is 5. The third-order valence-corrected chi connectivity index (χ3v) is 6.59. The monoisotopic (exact) mass is 465 g/mol. The zero-order chi connectivity index (χ0) is 21.9. The summed E-state index contributed by atoms with van der Waals surface area (Å²) in [4.78, 5) is 22.0. The Morgan fingerprint density at radius 2 is 1.88 bits per heavy atom. The van der Waals surface area contributed by atoms with Gasteiger partial charge in [-0.3, -0.25) is 9.69 Å². The Morgan fingerprint density at radius 1 is 1.06 bits per heavy atom. The maximum absolute atomic E-state index is 13.0. The summed E-state index contributed by atoms with van der Waals surface area (Å²) in [6.07, 6.45) is 1.51. The van der Waals surface area contributed by atoms with Crippen molar-refractivity contribution in [3.05, 3.63) is 76.5 Å². The molecule has 8 nitrogen and oxygen atoms in total. The van der Waals surface area contributed by atoms with Crippen LogP contribution in [-0.4, -0.2) is 67.1 Å². The second kappa shape index (κ2) is 9.15. The van der Waals surface area contributed by atoms with Crippen LogP contribution in [0.1, 0.15) is 16.1 Å². The summed E-state index contributed by atoms with van der Waals surface area (Å²) in [6.45, 7) is 3.77. The van der Waals surface area contributed by atoms with Crippen LogP contribution in [0.2, 0.25) is 5.02 Å². The van der Waals surface area contributed by atoms with Crippen molar-refractivity contribution in [1.29, 1.82) is 0 Å². The van der Waals surface area contributed by atoms with Crippen LogP contribution in [0.3, 0.4) is 0 Å². The van der Waals surface area contributed by atoms with Gasteiger partial charge in [0.25, 0.3) is 5.91 Å². The number of nitrogens with zero attached hydrogens (tertiary/aromatic N) is 7. The summed E-state index contributed by atoms with van der Waals surface area (Å²) < 4.78 is 1.54. The highest BCUT2D eigenvalue weighted by Crippen LogP contribution is 2.26. The Bertz CT molecular complexity index is 1200. The highest BCUT2D eigenvalue weighted by atomic mass is 35.5. The molecule has 0 aliphatic carbocycles. The summed E-state index contributed by atoms with van der Waals surface area (Å²) in [5.41, 5.74) is 3.52. The molecule has 2 aromatic heterocycles. The second-order valence-electron chi connectivity index (χ2n) is 7.52. The van der Waals surface area contributed by atoms with Crippen molar-refractivity contribution in [2.75, 3.05) is 26.2 Å². The van der Waals surface area contributed by atoms with Gasteiger partial charge in [-0.05, 0) is 40.8 Å². The molecule has 0 spiro atoms. The predicted molar refractivity (Wildman–Crippen MR) is 123 cm³/mol. The third kappa shape index (κ3) is 4.55. The van der Waals surface area contributed by atoms with Gasteiger partial charge in [0.2, 0.25) is 0 Å². The van der Waals surface area contributed by atoms with Crippen LogP contribution in [0, 0.1) is 0 Å². The van der Waals surface area contributed by atoms with E-state index in [1.54, 1.807) is 16.0 Å². The van der Waals surface area contributed by atoms with E-state index in [0.29, 0.717) is 18.7 Å². The van der Waals surface area contributed by atoms with Gasteiger partial charge in [0.15, 0.2) is 0 Å². The lowest BCUT2D eigenvalue weighted by Crippen LogP contribution is -2.48. The number of rotatable bonds is 5. The molecule has 1 saturated heterocycles. The van der Waals surface area contributed by atoms with Crippen LogP contribution in [-0.2, 0) is 6.54 Å². The molecule has 1 aliphatic rings. The van der Waals surface area contributed by atoms with Gasteiger partial charge in [-0.1, -0.05) is 29.8 Å². The SMILES string of the molecule is O=C(c1cccc(-n2cnnn2)c1)N1CCN(Cc2csc(-c3ccc(Cl)cc3)n2)CC1. The molecule has 10 heteroatoms. The Balaban J connectivity index is 1.18. The summed E-state index contributed by atoms with van der Waals surface area (Å²) in [5, 5.41) is 15.0. The van der Waals surface area contributed by atoms with Crippen molar-refractivity contribution >= 4 is 28.8 Å². The summed E-state index contributed by atoms with van der Waals surface area (Å²) in [5.74, 6) is 0.0262. The molecule has 5 rings (SSSR count). The number of hydrogen-bond donors (Lipinski definition) is 0. The number of piperazine rings is 1. The fourth-order valence-electron chi connectivity index (χ4n) is 3.69. The minimum absolute atomic E-state index is 0.0262. The standard InChI is InChI=1S/C22H20ClN7OS/c23-18-6-4-16(5-7-18)21-25-19(14-32-21)13-28-8-10-29(11-9-28)22(31)17-2-1-3-20(12-17)30-15-24-26-27-30/h1-7,12,14-15H,8-11,13H2. The van der Waals surface area contributed by atoms with Gasteiger partial charge in [0, 0.05) is 54.3 Å². The lowest BCUT2D eigenvalue weighted by molar-refractivity contribution is 0.0627. The molecule has 0 atom stereocenters. The van der Waals surface area contributed by atoms with Gasteiger partial charge in [-0.15, -0.1) is 16.4 Å². The van der Waals surface area contributed by atoms with Crippen molar-refractivity contribution in [3.63, 3.8) is 0 Å². The first-order chi connectivity index (χ1) is 15.7. The lowest BCUT2D eigenvalue weighted by atomic mass is 10.1. The number of amides is 1. The molecule has 32 heavy (non-hydrogen) atoms. The van der Waals surface area contributed by atoms with E-state index >= 15 is 0 Å². The van der Waals surface area contributed by atoms with Gasteiger partial charge >= 0.3 is 0 Å². The highest BCUT2D eigenvalue weighted by Gasteiger charge is 2.23. The average Bonchev–Trinajstić information content (AvgIpc) is 3.53. The molecule has 0 N–H and O–H groups in total. The predicted octanol–water partition coefficient (Wildman–Crippen LogP) is 3.40. The van der Waals surface area contributed by atoms with Crippen LogP contribution in [0.4, 0.5) is 0 Å². The minimum atomic E-state index is 0.0262. The summed E-state index contributed by atoms with van der Waals surface area (Å²) in [6, 6.07) is 15.1. The van der Waals surface area contributed by atoms with E-state index in [2.05, 4.69) is 25.8 Å². The second-order valence-corrected chi connectivity index (χ2v) is 8.82. The number of halogens is 1. The first kappa shape index (κ1) is 20.7. The first-order valence-electron chi connectivity index (χ1n) is 10.2. The van der Waals surface area contributed by atoms with E-state index in [1.165, 1.54) is 6.33 Å². The highest BCUT2D eigenvalue weighted by molar-refractivity contribution is 7.13. The minimum Gasteiger partial charge on any atom is -0.336 e. The normalized spacial score (nSPS) is 14.6. The Labute approximate surface area is 194 Å². The Kier molecular flexibility index (Phi) is 5.93. The van der Waals surface area contributed by atoms with Crippen molar-refractivity contribution < 1.29 is 4.79 Å². The fourth-order valence-corrected chi connectivity index (χ4v) is 4.63. The van der Waals surface area contributed by atoms with Crippen molar-refractivity contribution in [2.45, 2.75) is 6.54 Å². The topological polar surface area (TPSA) is 80.0 Å². The van der Waals surface area contributed by atoms with Crippen LogP contribution < -0.4 is 0 Å². The molecule has 2 aromatic carbocycles. The van der Waals surface area contributed by atoms with Crippen LogP contribution >= 0.6 is 22.9 Å². The largest absolute Gasteiger partial charge is 0.336 e. The molecule has 0 radical (unpaired) electrons. The third-order valence-electron chi connectivity index (χ3n) is 5.39. The van der Waals surface area contributed by atoms with E-state index < -0.39 is 0 Å². The summed E-state index contributed by atoms with van der Waals surface area (Å²) in [7, 11) is 0. The van der Waals surface area contributed by atoms with Crippen molar-refractivity contribution in [3.8, 4) is 16.3 Å². The molecule has 0 unspecified atom stereocenters. The van der Waals surface area contributed by atoms with Gasteiger partial charge in [-0.2, -0.15) is 0 Å².